The molecule has 4 rings (SSSR count). The predicted octanol–water partition coefficient (Wildman–Crippen LogP) is 2.75. The van der Waals surface area contributed by atoms with E-state index < -0.39 is 0 Å². The fourth-order valence-electron chi connectivity index (χ4n) is 3.54. The molecular weight excluding hydrogens is 342 g/mol. The summed E-state index contributed by atoms with van der Waals surface area (Å²) in [6.45, 7) is 4.57. The SMILES string of the molecule is CC(C)n1nnnc1C1c2ccccc2C(=O)N1CCc1ccc(O)cc1. The topological polar surface area (TPSA) is 84.1 Å². The number of carbonyl (C=O) groups excluding carboxylic acids is 1. The van der Waals surface area contributed by atoms with Gasteiger partial charge in [-0.2, -0.15) is 0 Å². The van der Waals surface area contributed by atoms with Crippen LogP contribution in [-0.2, 0) is 6.42 Å². The van der Waals surface area contributed by atoms with Gasteiger partial charge in [-0.05, 0) is 60.0 Å². The van der Waals surface area contributed by atoms with Crippen LogP contribution in [0, 0.1) is 0 Å². The van der Waals surface area contributed by atoms with Crippen molar-refractivity contribution in [3.63, 3.8) is 0 Å². The van der Waals surface area contributed by atoms with Crippen LogP contribution in [0.2, 0.25) is 0 Å². The Morgan fingerprint density at radius 1 is 1.11 bits per heavy atom. The maximum atomic E-state index is 13.1. The number of phenols is 1. The number of aromatic nitrogens is 4. The number of amides is 1. The molecule has 1 aromatic heterocycles. The van der Waals surface area contributed by atoms with Crippen molar-refractivity contribution in [3.05, 3.63) is 71.0 Å². The molecule has 7 heteroatoms. The smallest absolute Gasteiger partial charge is 0.255 e. The van der Waals surface area contributed by atoms with Crippen LogP contribution in [0.15, 0.2) is 48.5 Å². The number of aromatic hydroxyl groups is 1. The van der Waals surface area contributed by atoms with Crippen LogP contribution in [0.1, 0.15) is 53.2 Å². The van der Waals surface area contributed by atoms with Gasteiger partial charge in [-0.3, -0.25) is 4.79 Å². The summed E-state index contributed by atoms with van der Waals surface area (Å²) in [6.07, 6.45) is 0.680. The first-order chi connectivity index (χ1) is 13.1. The Balaban J connectivity index is 1.69. The first kappa shape index (κ1) is 17.2. The minimum atomic E-state index is -0.303. The summed E-state index contributed by atoms with van der Waals surface area (Å²) in [6, 6.07) is 14.5. The van der Waals surface area contributed by atoms with Crippen molar-refractivity contribution < 1.29 is 9.90 Å². The van der Waals surface area contributed by atoms with Crippen molar-refractivity contribution in [3.8, 4) is 5.75 Å². The van der Waals surface area contributed by atoms with Crippen molar-refractivity contribution >= 4 is 5.91 Å². The van der Waals surface area contributed by atoms with E-state index in [1.165, 1.54) is 0 Å². The van der Waals surface area contributed by atoms with Crippen LogP contribution >= 0.6 is 0 Å². The van der Waals surface area contributed by atoms with Gasteiger partial charge in [-0.1, -0.05) is 30.3 Å². The second-order valence-electron chi connectivity index (χ2n) is 6.98. The van der Waals surface area contributed by atoms with Crippen molar-refractivity contribution in [2.45, 2.75) is 32.4 Å². The molecule has 1 amide bonds. The summed E-state index contributed by atoms with van der Waals surface area (Å²) >= 11 is 0. The summed E-state index contributed by atoms with van der Waals surface area (Å²) in [4.78, 5) is 14.9. The van der Waals surface area contributed by atoms with E-state index in [0.29, 0.717) is 24.4 Å². The van der Waals surface area contributed by atoms with Crippen LogP contribution in [0.4, 0.5) is 0 Å². The molecule has 0 bridgehead atoms. The van der Waals surface area contributed by atoms with Crippen molar-refractivity contribution in [1.29, 1.82) is 0 Å². The van der Waals surface area contributed by atoms with Gasteiger partial charge in [0.1, 0.15) is 11.8 Å². The highest BCUT2D eigenvalue weighted by Crippen LogP contribution is 2.37. The molecule has 1 N–H and O–H groups in total. The Kier molecular flexibility index (Phi) is 4.35. The minimum absolute atomic E-state index is 0.00677. The summed E-state index contributed by atoms with van der Waals surface area (Å²) in [5, 5.41) is 21.7. The Bertz CT molecular complexity index is 965. The Labute approximate surface area is 157 Å². The van der Waals surface area contributed by atoms with E-state index in [4.69, 9.17) is 0 Å². The number of hydrogen-bond acceptors (Lipinski definition) is 5. The molecule has 0 fully saturated rings. The summed E-state index contributed by atoms with van der Waals surface area (Å²) in [7, 11) is 0. The van der Waals surface area contributed by atoms with Gasteiger partial charge in [0.2, 0.25) is 0 Å². The van der Waals surface area contributed by atoms with Crippen LogP contribution in [0.5, 0.6) is 5.75 Å². The molecule has 2 aromatic carbocycles. The van der Waals surface area contributed by atoms with E-state index >= 15 is 0 Å². The van der Waals surface area contributed by atoms with E-state index in [-0.39, 0.29) is 23.7 Å². The molecule has 138 valence electrons. The number of carbonyl (C=O) groups is 1. The zero-order chi connectivity index (χ0) is 19.0. The number of fused-ring (bicyclic) bond motifs is 1. The maximum absolute atomic E-state index is 13.1. The second kappa shape index (κ2) is 6.83. The largest absolute Gasteiger partial charge is 0.508 e. The lowest BCUT2D eigenvalue weighted by Crippen LogP contribution is -2.32. The molecule has 0 saturated heterocycles. The van der Waals surface area contributed by atoms with Crippen molar-refractivity contribution in [1.82, 2.24) is 25.1 Å². The Hall–Kier alpha value is -3.22. The lowest BCUT2D eigenvalue weighted by atomic mass is 10.0. The average Bonchev–Trinajstić information content (AvgIpc) is 3.25. The Morgan fingerprint density at radius 2 is 1.85 bits per heavy atom. The van der Waals surface area contributed by atoms with E-state index in [2.05, 4.69) is 15.5 Å². The highest BCUT2D eigenvalue weighted by molar-refractivity contribution is 5.99. The third-order valence-electron chi connectivity index (χ3n) is 4.89. The standard InChI is InChI=1S/C20H21N5O2/c1-13(2)25-19(21-22-23-25)18-16-5-3-4-6-17(16)20(27)24(18)12-11-14-7-9-15(26)10-8-14/h3-10,13,18,26H,11-12H2,1-2H3. The number of rotatable bonds is 5. The van der Waals surface area contributed by atoms with Crippen LogP contribution < -0.4 is 0 Å². The molecule has 1 unspecified atom stereocenters. The summed E-state index contributed by atoms with van der Waals surface area (Å²) in [5.74, 6) is 0.902. The number of tetrazole rings is 1. The monoisotopic (exact) mass is 363 g/mol. The lowest BCUT2D eigenvalue weighted by Gasteiger charge is -2.25. The molecule has 0 aliphatic carbocycles. The molecule has 1 aliphatic heterocycles. The number of benzene rings is 2. The third kappa shape index (κ3) is 3.05. The predicted molar refractivity (Wildman–Crippen MR) is 99.3 cm³/mol. The summed E-state index contributed by atoms with van der Waals surface area (Å²) < 4.78 is 1.77. The fourth-order valence-corrected chi connectivity index (χ4v) is 3.54. The lowest BCUT2D eigenvalue weighted by molar-refractivity contribution is 0.0743. The maximum Gasteiger partial charge on any atom is 0.255 e. The zero-order valence-corrected chi connectivity index (χ0v) is 15.3. The van der Waals surface area contributed by atoms with Crippen molar-refractivity contribution in [2.75, 3.05) is 6.54 Å². The van der Waals surface area contributed by atoms with Gasteiger partial charge < -0.3 is 10.0 Å². The van der Waals surface area contributed by atoms with Gasteiger partial charge in [0.05, 0.1) is 6.04 Å². The van der Waals surface area contributed by atoms with Gasteiger partial charge in [-0.15, -0.1) is 5.10 Å². The molecular formula is C20H21N5O2. The molecule has 0 saturated carbocycles. The number of hydrogen-bond donors (Lipinski definition) is 1. The van der Waals surface area contributed by atoms with E-state index in [1.54, 1.807) is 16.8 Å². The summed E-state index contributed by atoms with van der Waals surface area (Å²) in [5.41, 5.74) is 2.69. The minimum Gasteiger partial charge on any atom is -0.508 e. The van der Waals surface area contributed by atoms with Crippen LogP contribution in [0.25, 0.3) is 0 Å². The van der Waals surface area contributed by atoms with Gasteiger partial charge in [0.15, 0.2) is 5.82 Å². The molecule has 1 atom stereocenters. The second-order valence-corrected chi connectivity index (χ2v) is 6.98. The number of nitrogens with zero attached hydrogens (tertiary/aromatic N) is 5. The van der Waals surface area contributed by atoms with E-state index in [9.17, 15) is 9.90 Å². The Morgan fingerprint density at radius 3 is 2.59 bits per heavy atom. The van der Waals surface area contributed by atoms with Gasteiger partial charge >= 0.3 is 0 Å². The molecule has 7 nitrogen and oxygen atoms in total. The highest BCUT2D eigenvalue weighted by atomic mass is 16.3. The van der Waals surface area contributed by atoms with Gasteiger partial charge in [-0.25, -0.2) is 4.68 Å². The van der Waals surface area contributed by atoms with Gasteiger partial charge in [0.25, 0.3) is 5.91 Å². The quantitative estimate of drug-likeness (QED) is 0.753. The van der Waals surface area contributed by atoms with E-state index in [1.807, 2.05) is 55.1 Å². The molecule has 0 spiro atoms. The third-order valence-corrected chi connectivity index (χ3v) is 4.89. The van der Waals surface area contributed by atoms with Gasteiger partial charge in [0, 0.05) is 12.1 Å². The number of phenolic OH excluding ortho intramolecular Hbond substituents is 1. The normalized spacial score (nSPS) is 16.2. The first-order valence-electron chi connectivity index (χ1n) is 9.02. The highest BCUT2D eigenvalue weighted by Gasteiger charge is 2.40. The molecule has 0 radical (unpaired) electrons. The molecule has 27 heavy (non-hydrogen) atoms. The first-order valence-corrected chi connectivity index (χ1v) is 9.02. The van der Waals surface area contributed by atoms with Crippen LogP contribution in [0.3, 0.4) is 0 Å². The molecule has 2 heterocycles. The zero-order valence-electron chi connectivity index (χ0n) is 15.3. The fraction of sp³-hybridized carbons (Fsp3) is 0.300. The van der Waals surface area contributed by atoms with E-state index in [0.717, 1.165) is 11.1 Å². The van der Waals surface area contributed by atoms with Crippen molar-refractivity contribution in [2.24, 2.45) is 0 Å². The molecule has 3 aromatic rings. The average molecular weight is 363 g/mol. The van der Waals surface area contributed by atoms with Crippen LogP contribution in [-0.4, -0.2) is 42.7 Å². The molecule has 1 aliphatic rings.